The monoisotopic (exact) mass is 418 g/mol. The van der Waals surface area contributed by atoms with Gasteiger partial charge in [-0.1, -0.05) is 12.1 Å². The first kappa shape index (κ1) is 19.6. The van der Waals surface area contributed by atoms with Crippen molar-refractivity contribution in [3.05, 3.63) is 75.7 Å². The number of para-hydroxylation sites is 1. The number of amides is 1. The van der Waals surface area contributed by atoms with Crippen LogP contribution in [0.1, 0.15) is 18.7 Å². The molecule has 4 rings (SSSR count). The van der Waals surface area contributed by atoms with E-state index in [1.54, 1.807) is 31.2 Å². The zero-order valence-electron chi connectivity index (χ0n) is 15.7. The predicted molar refractivity (Wildman–Crippen MR) is 101 cm³/mol. The van der Waals surface area contributed by atoms with Gasteiger partial charge < -0.3 is 5.32 Å². The van der Waals surface area contributed by atoms with Gasteiger partial charge in [0.25, 0.3) is 5.56 Å². The van der Waals surface area contributed by atoms with E-state index >= 15 is 0 Å². The third-order valence-corrected chi connectivity index (χ3v) is 4.80. The largest absolute Gasteiger partial charge is 0.319 e. The summed E-state index contributed by atoms with van der Waals surface area (Å²) in [5, 5.41) is 2.50. The average molecular weight is 418 g/mol. The van der Waals surface area contributed by atoms with Crippen LogP contribution in [0.5, 0.6) is 0 Å². The Kier molecular flexibility index (Phi) is 4.56. The summed E-state index contributed by atoms with van der Waals surface area (Å²) in [6.45, 7) is 3.07. The summed E-state index contributed by atoms with van der Waals surface area (Å²) in [5.41, 5.74) is -0.397. The van der Waals surface area contributed by atoms with Gasteiger partial charge >= 0.3 is 0 Å². The van der Waals surface area contributed by atoms with Gasteiger partial charge in [-0.15, -0.1) is 0 Å². The highest BCUT2D eigenvalue weighted by Gasteiger charge is 2.26. The number of nitrogens with zero attached hydrogens (tertiary/aromatic N) is 3. The van der Waals surface area contributed by atoms with E-state index in [9.17, 15) is 27.2 Å². The van der Waals surface area contributed by atoms with Crippen molar-refractivity contribution in [2.24, 2.45) is 0 Å². The van der Waals surface area contributed by atoms with Gasteiger partial charge in [-0.3, -0.25) is 14.3 Å². The molecule has 0 aliphatic carbocycles. The van der Waals surface area contributed by atoms with E-state index in [4.69, 9.17) is 0 Å². The van der Waals surface area contributed by atoms with E-state index < -0.39 is 46.5 Å². The maximum Gasteiger partial charge on any atom is 0.273 e. The van der Waals surface area contributed by atoms with Crippen LogP contribution < -0.4 is 10.9 Å². The maximum absolute atomic E-state index is 14.0. The molecule has 154 valence electrons. The van der Waals surface area contributed by atoms with Crippen LogP contribution in [0, 0.1) is 30.2 Å². The van der Waals surface area contributed by atoms with Crippen molar-refractivity contribution < 1.29 is 22.4 Å². The third-order valence-electron chi connectivity index (χ3n) is 4.80. The lowest BCUT2D eigenvalue weighted by atomic mass is 10.2. The predicted octanol–water partition coefficient (Wildman–Crippen LogP) is 3.71. The Morgan fingerprint density at radius 2 is 1.70 bits per heavy atom. The first-order valence-corrected chi connectivity index (χ1v) is 8.84. The summed E-state index contributed by atoms with van der Waals surface area (Å²) < 4.78 is 57.9. The molecule has 0 aliphatic rings. The quantitative estimate of drug-likeness (QED) is 0.407. The van der Waals surface area contributed by atoms with E-state index in [-0.39, 0.29) is 6.07 Å². The standard InChI is InChI=1S/C20H14F4N4O2/c1-9-7-15(29)25-19-11-5-3-4-6-14(11)28(27(9)19)10(2)20(30)26-18-16(23)12(21)8-13(22)17(18)24/h3-8,10H,1-2H3,(H,26,30). The highest BCUT2D eigenvalue weighted by Crippen LogP contribution is 2.28. The van der Waals surface area contributed by atoms with Crippen LogP contribution in [0.15, 0.2) is 41.2 Å². The second kappa shape index (κ2) is 6.97. The number of aryl methyl sites for hydroxylation is 1. The summed E-state index contributed by atoms with van der Waals surface area (Å²) in [5.74, 6) is -7.62. The lowest BCUT2D eigenvalue weighted by Gasteiger charge is -2.18. The molecular formula is C20H14F4N4O2. The topological polar surface area (TPSA) is 68.4 Å². The smallest absolute Gasteiger partial charge is 0.273 e. The molecule has 4 aromatic rings. The second-order valence-electron chi connectivity index (χ2n) is 6.74. The van der Waals surface area contributed by atoms with Gasteiger partial charge in [0.15, 0.2) is 28.9 Å². The van der Waals surface area contributed by atoms with E-state index in [2.05, 4.69) is 4.98 Å². The molecule has 2 aromatic carbocycles. The molecule has 0 fully saturated rings. The van der Waals surface area contributed by atoms with Gasteiger partial charge in [0.1, 0.15) is 11.7 Å². The van der Waals surface area contributed by atoms with Crippen LogP contribution in [0.4, 0.5) is 23.2 Å². The molecule has 0 saturated carbocycles. The summed E-state index contributed by atoms with van der Waals surface area (Å²) in [6, 6.07) is 7.06. The number of hydrogen-bond acceptors (Lipinski definition) is 3. The molecule has 0 radical (unpaired) electrons. The Bertz CT molecular complexity index is 1370. The molecule has 1 amide bonds. The summed E-state index contributed by atoms with van der Waals surface area (Å²) >= 11 is 0. The lowest BCUT2D eigenvalue weighted by Crippen LogP contribution is -2.28. The van der Waals surface area contributed by atoms with Crippen LogP contribution in [-0.4, -0.2) is 20.1 Å². The van der Waals surface area contributed by atoms with Crippen molar-refractivity contribution in [1.29, 1.82) is 0 Å². The third kappa shape index (κ3) is 2.92. The van der Waals surface area contributed by atoms with Crippen molar-refractivity contribution in [2.75, 3.05) is 5.32 Å². The van der Waals surface area contributed by atoms with E-state index in [1.807, 2.05) is 5.32 Å². The summed E-state index contributed by atoms with van der Waals surface area (Å²) in [4.78, 5) is 28.7. The summed E-state index contributed by atoms with van der Waals surface area (Å²) in [6.07, 6.45) is 0. The lowest BCUT2D eigenvalue weighted by molar-refractivity contribution is -0.119. The number of benzene rings is 2. The van der Waals surface area contributed by atoms with Crippen LogP contribution in [0.3, 0.4) is 0 Å². The molecule has 10 heteroatoms. The number of aromatic nitrogens is 3. The molecule has 6 nitrogen and oxygen atoms in total. The van der Waals surface area contributed by atoms with E-state index in [1.165, 1.54) is 22.2 Å². The van der Waals surface area contributed by atoms with Crippen molar-refractivity contribution in [1.82, 2.24) is 14.2 Å². The van der Waals surface area contributed by atoms with Gasteiger partial charge in [0.05, 0.1) is 5.52 Å². The fourth-order valence-electron chi connectivity index (χ4n) is 3.41. The van der Waals surface area contributed by atoms with Crippen LogP contribution >= 0.6 is 0 Å². The molecule has 0 aliphatic heterocycles. The maximum atomic E-state index is 14.0. The number of nitrogens with one attached hydrogen (secondary N) is 1. The Labute approximate surface area is 166 Å². The number of carbonyl (C=O) groups excluding carboxylic acids is 1. The molecular weight excluding hydrogens is 404 g/mol. The minimum absolute atomic E-state index is 0.0576. The minimum Gasteiger partial charge on any atom is -0.319 e. The van der Waals surface area contributed by atoms with Crippen LogP contribution in [0.2, 0.25) is 0 Å². The highest BCUT2D eigenvalue weighted by atomic mass is 19.2. The Morgan fingerprint density at radius 3 is 2.37 bits per heavy atom. The fraction of sp³-hybridized carbons (Fsp3) is 0.150. The van der Waals surface area contributed by atoms with Crippen molar-refractivity contribution in [3.8, 4) is 0 Å². The van der Waals surface area contributed by atoms with Crippen LogP contribution in [-0.2, 0) is 4.79 Å². The number of fused-ring (bicyclic) bond motifs is 3. The Balaban J connectivity index is 1.87. The first-order chi connectivity index (χ1) is 14.2. The molecule has 0 bridgehead atoms. The number of halogens is 4. The molecule has 1 N–H and O–H groups in total. The SMILES string of the molecule is Cc1cc(=O)nc2c3ccccc3n(C(C)C(=O)Nc3c(F)c(F)cc(F)c3F)n12. The number of rotatable bonds is 3. The molecule has 1 atom stereocenters. The van der Waals surface area contributed by atoms with Gasteiger partial charge in [-0.2, -0.15) is 4.98 Å². The molecule has 1 unspecified atom stereocenters. The minimum atomic E-state index is -1.71. The van der Waals surface area contributed by atoms with E-state index in [0.29, 0.717) is 22.2 Å². The zero-order chi connectivity index (χ0) is 21.7. The van der Waals surface area contributed by atoms with Gasteiger partial charge in [-0.25, -0.2) is 22.1 Å². The normalized spacial score (nSPS) is 12.5. The molecule has 0 spiro atoms. The Hall–Kier alpha value is -3.69. The summed E-state index contributed by atoms with van der Waals surface area (Å²) in [7, 11) is 0. The molecule has 30 heavy (non-hydrogen) atoms. The fourth-order valence-corrected chi connectivity index (χ4v) is 3.41. The Morgan fingerprint density at radius 1 is 1.07 bits per heavy atom. The van der Waals surface area contributed by atoms with Crippen molar-refractivity contribution >= 4 is 28.1 Å². The number of hydrogen-bond donors (Lipinski definition) is 1. The number of carbonyl (C=O) groups is 1. The first-order valence-electron chi connectivity index (χ1n) is 8.84. The average Bonchev–Trinajstić information content (AvgIpc) is 3.03. The van der Waals surface area contributed by atoms with Gasteiger partial charge in [-0.05, 0) is 26.0 Å². The van der Waals surface area contributed by atoms with Crippen molar-refractivity contribution in [2.45, 2.75) is 19.9 Å². The number of anilines is 1. The molecule has 0 saturated heterocycles. The van der Waals surface area contributed by atoms with Gasteiger partial charge in [0.2, 0.25) is 5.91 Å². The zero-order valence-corrected chi connectivity index (χ0v) is 15.7. The van der Waals surface area contributed by atoms with Crippen LogP contribution in [0.25, 0.3) is 16.6 Å². The molecule has 2 heterocycles. The van der Waals surface area contributed by atoms with Crippen molar-refractivity contribution in [3.63, 3.8) is 0 Å². The second-order valence-corrected chi connectivity index (χ2v) is 6.74. The van der Waals surface area contributed by atoms with E-state index in [0.717, 1.165) is 0 Å². The highest BCUT2D eigenvalue weighted by molar-refractivity contribution is 5.97. The molecule has 2 aromatic heterocycles. The van der Waals surface area contributed by atoms with Gasteiger partial charge in [0, 0.05) is 23.2 Å².